The fraction of sp³-hybridized carbons (Fsp3) is 0.333. The maximum absolute atomic E-state index is 14.6. The van der Waals surface area contributed by atoms with E-state index in [4.69, 9.17) is 4.74 Å². The number of amides is 1. The predicted molar refractivity (Wildman–Crippen MR) is 134 cm³/mol. The van der Waals surface area contributed by atoms with Crippen molar-refractivity contribution in [2.24, 2.45) is 0 Å². The standard InChI is InChI=1S/C24H27FIN5O2/c1-2-31(10-8-26)11-12-33-20-6-7-21(22(25)14-20)24-29-15-18(16-30-24)13-23(32)28-17-19-5-3-4-9-27-19/h3-7,9,14-16H,2,8,10-13,17H2,1H3,(H,28,32). The van der Waals surface area contributed by atoms with Gasteiger partial charge in [0.15, 0.2) is 5.82 Å². The summed E-state index contributed by atoms with van der Waals surface area (Å²) in [6.07, 6.45) is 4.89. The Hall–Kier alpha value is -2.66. The van der Waals surface area contributed by atoms with Crippen molar-refractivity contribution in [3.05, 3.63) is 72.1 Å². The van der Waals surface area contributed by atoms with E-state index in [1.54, 1.807) is 30.7 Å². The van der Waals surface area contributed by atoms with Gasteiger partial charge >= 0.3 is 0 Å². The minimum absolute atomic E-state index is 0.134. The van der Waals surface area contributed by atoms with Crippen molar-refractivity contribution in [2.75, 3.05) is 30.7 Å². The van der Waals surface area contributed by atoms with Crippen molar-refractivity contribution in [1.82, 2.24) is 25.2 Å². The van der Waals surface area contributed by atoms with Gasteiger partial charge in [-0.05, 0) is 36.4 Å². The molecule has 0 aliphatic rings. The van der Waals surface area contributed by atoms with E-state index in [1.165, 1.54) is 6.07 Å². The van der Waals surface area contributed by atoms with Gasteiger partial charge in [-0.25, -0.2) is 14.4 Å². The fourth-order valence-corrected chi connectivity index (χ4v) is 3.81. The predicted octanol–water partition coefficient (Wildman–Crippen LogP) is 3.67. The number of carbonyl (C=O) groups is 1. The topological polar surface area (TPSA) is 80.2 Å². The molecule has 0 saturated heterocycles. The number of ether oxygens (including phenoxy) is 1. The maximum atomic E-state index is 14.6. The molecular weight excluding hydrogens is 536 g/mol. The number of aromatic nitrogens is 3. The Balaban J connectivity index is 1.52. The van der Waals surface area contributed by atoms with Crippen LogP contribution in [0.2, 0.25) is 0 Å². The van der Waals surface area contributed by atoms with E-state index in [-0.39, 0.29) is 23.7 Å². The molecule has 0 aliphatic heterocycles. The van der Waals surface area contributed by atoms with E-state index in [9.17, 15) is 9.18 Å². The number of benzene rings is 1. The number of hydrogen-bond acceptors (Lipinski definition) is 6. The molecule has 1 amide bonds. The lowest BCUT2D eigenvalue weighted by molar-refractivity contribution is -0.120. The van der Waals surface area contributed by atoms with Gasteiger partial charge in [-0.1, -0.05) is 35.6 Å². The van der Waals surface area contributed by atoms with Crippen LogP contribution in [0.4, 0.5) is 4.39 Å². The zero-order valence-corrected chi connectivity index (χ0v) is 20.7. The molecule has 0 atom stereocenters. The Bertz CT molecular complexity index is 1020. The van der Waals surface area contributed by atoms with Gasteiger partial charge in [0.25, 0.3) is 0 Å². The number of pyridine rings is 1. The number of nitrogens with one attached hydrogen (secondary N) is 1. The molecular formula is C24H27FIN5O2. The Morgan fingerprint density at radius 1 is 1.15 bits per heavy atom. The SMILES string of the molecule is CCN(CCI)CCOc1ccc(-c2ncc(CC(=O)NCc3ccccn3)cn2)c(F)c1. The van der Waals surface area contributed by atoms with Crippen LogP contribution in [-0.4, -0.2) is 56.4 Å². The first-order valence-electron chi connectivity index (χ1n) is 10.8. The van der Waals surface area contributed by atoms with E-state index < -0.39 is 5.82 Å². The summed E-state index contributed by atoms with van der Waals surface area (Å²) in [7, 11) is 0. The molecule has 7 nitrogen and oxygen atoms in total. The number of halogens is 2. The molecule has 2 aromatic heterocycles. The summed E-state index contributed by atoms with van der Waals surface area (Å²) in [5.41, 5.74) is 1.71. The molecule has 0 fully saturated rings. The third kappa shape index (κ3) is 8.01. The molecule has 0 radical (unpaired) electrons. The lowest BCUT2D eigenvalue weighted by Crippen LogP contribution is -2.29. The molecule has 0 aliphatic carbocycles. The Kier molecular flexibility index (Phi) is 9.95. The number of alkyl halides is 1. The van der Waals surface area contributed by atoms with Gasteiger partial charge in [0, 0.05) is 42.2 Å². The van der Waals surface area contributed by atoms with Crippen LogP contribution in [-0.2, 0) is 17.8 Å². The molecule has 0 bridgehead atoms. The minimum Gasteiger partial charge on any atom is -0.492 e. The van der Waals surface area contributed by atoms with E-state index in [0.717, 1.165) is 29.8 Å². The molecule has 3 aromatic rings. The number of nitrogens with zero attached hydrogens (tertiary/aromatic N) is 4. The Labute approximate surface area is 207 Å². The van der Waals surface area contributed by atoms with Crippen molar-refractivity contribution >= 4 is 28.5 Å². The minimum atomic E-state index is -0.451. The number of carbonyl (C=O) groups excluding carboxylic acids is 1. The second-order valence-electron chi connectivity index (χ2n) is 7.30. The van der Waals surface area contributed by atoms with Crippen LogP contribution in [0.5, 0.6) is 5.75 Å². The van der Waals surface area contributed by atoms with Gasteiger partial charge in [-0.2, -0.15) is 0 Å². The third-order valence-electron chi connectivity index (χ3n) is 4.97. The van der Waals surface area contributed by atoms with Crippen molar-refractivity contribution < 1.29 is 13.9 Å². The first-order valence-corrected chi connectivity index (χ1v) is 12.3. The highest BCUT2D eigenvalue weighted by Gasteiger charge is 2.11. The Morgan fingerprint density at radius 2 is 1.97 bits per heavy atom. The van der Waals surface area contributed by atoms with Gasteiger partial charge in [-0.15, -0.1) is 0 Å². The van der Waals surface area contributed by atoms with Crippen molar-refractivity contribution in [2.45, 2.75) is 19.9 Å². The van der Waals surface area contributed by atoms with Crippen LogP contribution in [0, 0.1) is 5.82 Å². The van der Waals surface area contributed by atoms with Gasteiger partial charge in [0.1, 0.15) is 18.2 Å². The number of hydrogen-bond donors (Lipinski definition) is 1. The number of rotatable bonds is 12. The summed E-state index contributed by atoms with van der Waals surface area (Å²) < 4.78 is 21.4. The number of likely N-dealkylation sites (N-methyl/N-ethyl adjacent to an activating group) is 1. The van der Waals surface area contributed by atoms with Crippen LogP contribution in [0.3, 0.4) is 0 Å². The maximum Gasteiger partial charge on any atom is 0.224 e. The zero-order valence-electron chi connectivity index (χ0n) is 18.5. The summed E-state index contributed by atoms with van der Waals surface area (Å²) in [6, 6.07) is 10.2. The molecule has 2 heterocycles. The normalized spacial score (nSPS) is 10.9. The largest absolute Gasteiger partial charge is 0.492 e. The van der Waals surface area contributed by atoms with Crippen LogP contribution >= 0.6 is 22.6 Å². The summed E-state index contributed by atoms with van der Waals surface area (Å²) >= 11 is 2.35. The van der Waals surface area contributed by atoms with Crippen molar-refractivity contribution in [3.8, 4) is 17.1 Å². The second-order valence-corrected chi connectivity index (χ2v) is 8.38. The lowest BCUT2D eigenvalue weighted by Gasteiger charge is -2.19. The molecule has 0 spiro atoms. The molecule has 0 unspecified atom stereocenters. The first kappa shape index (κ1) is 25.0. The quantitative estimate of drug-likeness (QED) is 0.268. The van der Waals surface area contributed by atoms with Crippen molar-refractivity contribution in [3.63, 3.8) is 0 Å². The summed E-state index contributed by atoms with van der Waals surface area (Å²) in [6.45, 7) is 5.72. The average molecular weight is 563 g/mol. The van der Waals surface area contributed by atoms with Crippen LogP contribution in [0.1, 0.15) is 18.2 Å². The summed E-state index contributed by atoms with van der Waals surface area (Å²) in [5.74, 6) is 0.122. The van der Waals surface area contributed by atoms with Gasteiger partial charge in [0.2, 0.25) is 5.91 Å². The highest BCUT2D eigenvalue weighted by Crippen LogP contribution is 2.23. The molecule has 174 valence electrons. The van der Waals surface area contributed by atoms with Crippen molar-refractivity contribution in [1.29, 1.82) is 0 Å². The smallest absolute Gasteiger partial charge is 0.224 e. The molecule has 9 heteroatoms. The molecule has 1 N–H and O–H groups in total. The molecule has 3 rings (SSSR count). The van der Waals surface area contributed by atoms with Gasteiger partial charge in [-0.3, -0.25) is 14.7 Å². The van der Waals surface area contributed by atoms with E-state index in [2.05, 4.69) is 54.7 Å². The van der Waals surface area contributed by atoms with E-state index >= 15 is 0 Å². The first-order chi connectivity index (χ1) is 16.1. The molecule has 0 saturated carbocycles. The van der Waals surface area contributed by atoms with Crippen LogP contribution in [0.25, 0.3) is 11.4 Å². The Morgan fingerprint density at radius 3 is 2.64 bits per heavy atom. The highest BCUT2D eigenvalue weighted by molar-refractivity contribution is 14.1. The van der Waals surface area contributed by atoms with Crippen LogP contribution in [0.15, 0.2) is 55.0 Å². The van der Waals surface area contributed by atoms with Gasteiger partial charge in [0.05, 0.1) is 24.2 Å². The van der Waals surface area contributed by atoms with E-state index in [0.29, 0.717) is 24.5 Å². The lowest BCUT2D eigenvalue weighted by atomic mass is 10.1. The highest BCUT2D eigenvalue weighted by atomic mass is 127. The average Bonchev–Trinajstić information content (AvgIpc) is 2.83. The zero-order chi connectivity index (χ0) is 23.5. The van der Waals surface area contributed by atoms with Gasteiger partial charge < -0.3 is 10.1 Å². The van der Waals surface area contributed by atoms with E-state index in [1.807, 2.05) is 18.2 Å². The molecule has 1 aromatic carbocycles. The second kappa shape index (κ2) is 13.1. The monoisotopic (exact) mass is 563 g/mol. The summed E-state index contributed by atoms with van der Waals surface area (Å²) in [4.78, 5) is 27.1. The summed E-state index contributed by atoms with van der Waals surface area (Å²) in [5, 5.41) is 2.81. The molecule has 33 heavy (non-hydrogen) atoms. The van der Waals surface area contributed by atoms with Crippen LogP contribution < -0.4 is 10.1 Å². The third-order valence-corrected chi connectivity index (χ3v) is 5.45. The fourth-order valence-electron chi connectivity index (χ4n) is 3.13.